The van der Waals surface area contributed by atoms with Gasteiger partial charge in [-0.3, -0.25) is 4.79 Å². The van der Waals surface area contributed by atoms with E-state index in [1.165, 1.54) is 30.3 Å². The molecule has 0 spiro atoms. The van der Waals surface area contributed by atoms with Gasteiger partial charge in [-0.15, -0.1) is 0 Å². The number of hydrogen-bond donors (Lipinski definition) is 2. The van der Waals surface area contributed by atoms with Crippen LogP contribution in [0.5, 0.6) is 0 Å². The van der Waals surface area contributed by atoms with Crippen LogP contribution < -0.4 is 10.0 Å². The number of allylic oxidation sites excluding steroid dienone is 1. The molecule has 2 aromatic rings. The van der Waals surface area contributed by atoms with Gasteiger partial charge in [-0.2, -0.15) is 13.2 Å². The topological polar surface area (TPSA) is 75.3 Å². The molecular weight excluding hydrogens is 405 g/mol. The van der Waals surface area contributed by atoms with Gasteiger partial charge in [0.25, 0.3) is 0 Å². The highest BCUT2D eigenvalue weighted by Crippen LogP contribution is 2.33. The Bertz CT molecular complexity index is 1000. The van der Waals surface area contributed by atoms with Crippen molar-refractivity contribution in [3.8, 4) is 0 Å². The molecule has 2 N–H and O–H groups in total. The molecule has 0 atom stereocenters. The van der Waals surface area contributed by atoms with Crippen molar-refractivity contribution < 1.29 is 26.4 Å². The van der Waals surface area contributed by atoms with E-state index in [2.05, 4.69) is 10.0 Å². The molecule has 0 aromatic heterocycles. The van der Waals surface area contributed by atoms with E-state index < -0.39 is 27.7 Å². The molecule has 0 saturated carbocycles. The minimum Gasteiger partial charge on any atom is -0.351 e. The van der Waals surface area contributed by atoms with E-state index in [-0.39, 0.29) is 23.5 Å². The van der Waals surface area contributed by atoms with Crippen LogP contribution in [0.25, 0.3) is 5.57 Å². The molecular formula is C20H21F3N2O3S. The van der Waals surface area contributed by atoms with E-state index in [1.54, 1.807) is 32.0 Å². The summed E-state index contributed by atoms with van der Waals surface area (Å²) in [6.07, 6.45) is -4.24. The van der Waals surface area contributed by atoms with Gasteiger partial charge in [0.2, 0.25) is 15.9 Å². The molecule has 0 fully saturated rings. The lowest BCUT2D eigenvalue weighted by Crippen LogP contribution is -2.34. The molecule has 5 nitrogen and oxygen atoms in total. The predicted molar refractivity (Wildman–Crippen MR) is 105 cm³/mol. The first-order valence-electron chi connectivity index (χ1n) is 8.70. The first kappa shape index (κ1) is 22.6. The highest BCUT2D eigenvalue weighted by molar-refractivity contribution is 7.89. The first-order valence-corrected chi connectivity index (χ1v) is 10.2. The third-order valence-corrected chi connectivity index (χ3v) is 5.62. The lowest BCUT2D eigenvalue weighted by Gasteiger charge is -2.12. The van der Waals surface area contributed by atoms with Gasteiger partial charge in [0.05, 0.1) is 10.5 Å². The third-order valence-electron chi connectivity index (χ3n) is 4.02. The van der Waals surface area contributed by atoms with Crippen molar-refractivity contribution in [2.45, 2.75) is 24.9 Å². The van der Waals surface area contributed by atoms with E-state index in [1.807, 2.05) is 0 Å². The number of alkyl halides is 3. The Morgan fingerprint density at radius 1 is 1.03 bits per heavy atom. The molecule has 2 aromatic carbocycles. The fourth-order valence-corrected chi connectivity index (χ4v) is 3.93. The first-order chi connectivity index (χ1) is 13.5. The van der Waals surface area contributed by atoms with Crippen LogP contribution in [0.2, 0.25) is 0 Å². The Hall–Kier alpha value is -2.65. The smallest absolute Gasteiger partial charge is 0.351 e. The van der Waals surface area contributed by atoms with Crippen LogP contribution in [0, 0.1) is 13.8 Å². The van der Waals surface area contributed by atoms with Crippen molar-refractivity contribution in [3.63, 3.8) is 0 Å². The average Bonchev–Trinajstić information content (AvgIpc) is 2.65. The number of carbonyl (C=O) groups is 1. The van der Waals surface area contributed by atoms with Crippen molar-refractivity contribution in [3.05, 3.63) is 71.3 Å². The van der Waals surface area contributed by atoms with Crippen LogP contribution in [-0.2, 0) is 14.8 Å². The largest absolute Gasteiger partial charge is 0.417 e. The molecule has 0 aliphatic carbocycles. The van der Waals surface area contributed by atoms with E-state index in [0.29, 0.717) is 11.6 Å². The molecule has 2 rings (SSSR count). The van der Waals surface area contributed by atoms with Gasteiger partial charge in [-0.1, -0.05) is 42.5 Å². The Morgan fingerprint density at radius 2 is 1.69 bits per heavy atom. The van der Waals surface area contributed by atoms with Gasteiger partial charge in [0.1, 0.15) is 0 Å². The molecule has 0 aliphatic heterocycles. The molecule has 0 bridgehead atoms. The number of halogens is 3. The van der Waals surface area contributed by atoms with Crippen molar-refractivity contribution in [1.29, 1.82) is 0 Å². The molecule has 0 heterocycles. The standard InChI is InChI=1S/C20H21F3N2O3S/c1-14-8-9-15(2)18(12-14)29(27,28)25-11-10-24-19(26)13-17(20(21,22)23)16-6-4-3-5-7-16/h3-9,12-13,25H,10-11H2,1-2H3,(H,24,26)/b17-13-. The number of benzene rings is 2. The highest BCUT2D eigenvalue weighted by atomic mass is 32.2. The number of nitrogens with one attached hydrogen (secondary N) is 2. The van der Waals surface area contributed by atoms with Crippen LogP contribution in [0.15, 0.2) is 59.5 Å². The zero-order valence-corrected chi connectivity index (χ0v) is 16.7. The van der Waals surface area contributed by atoms with Crippen LogP contribution in [0.3, 0.4) is 0 Å². The minimum atomic E-state index is -4.71. The van der Waals surface area contributed by atoms with Crippen LogP contribution in [0.4, 0.5) is 13.2 Å². The zero-order valence-electron chi connectivity index (χ0n) is 15.9. The Labute approximate surface area is 167 Å². The zero-order chi connectivity index (χ0) is 21.7. The number of sulfonamides is 1. The molecule has 0 saturated heterocycles. The van der Waals surface area contributed by atoms with Crippen molar-refractivity contribution in [2.24, 2.45) is 0 Å². The fourth-order valence-electron chi connectivity index (χ4n) is 2.57. The maximum atomic E-state index is 13.2. The molecule has 9 heteroatoms. The summed E-state index contributed by atoms with van der Waals surface area (Å²) in [5.74, 6) is -0.966. The molecule has 0 radical (unpaired) electrons. The van der Waals surface area contributed by atoms with Gasteiger partial charge in [0, 0.05) is 19.2 Å². The third kappa shape index (κ3) is 6.43. The monoisotopic (exact) mass is 426 g/mol. The second-order valence-electron chi connectivity index (χ2n) is 6.38. The van der Waals surface area contributed by atoms with Crippen LogP contribution in [0.1, 0.15) is 16.7 Å². The number of hydrogen-bond acceptors (Lipinski definition) is 3. The molecule has 0 aliphatic rings. The lowest BCUT2D eigenvalue weighted by atomic mass is 10.1. The lowest BCUT2D eigenvalue weighted by molar-refractivity contribution is -0.116. The number of amides is 1. The second-order valence-corrected chi connectivity index (χ2v) is 8.11. The van der Waals surface area contributed by atoms with Gasteiger partial charge >= 0.3 is 6.18 Å². The van der Waals surface area contributed by atoms with E-state index in [9.17, 15) is 26.4 Å². The Morgan fingerprint density at radius 3 is 2.31 bits per heavy atom. The second kappa shape index (κ2) is 9.23. The normalized spacial score (nSPS) is 12.7. The summed E-state index contributed by atoms with van der Waals surface area (Å²) in [5.41, 5.74) is 0.125. The highest BCUT2D eigenvalue weighted by Gasteiger charge is 2.35. The molecule has 156 valence electrons. The number of rotatable bonds is 7. The maximum absolute atomic E-state index is 13.2. The number of aryl methyl sites for hydroxylation is 2. The number of carbonyl (C=O) groups excluding carboxylic acids is 1. The van der Waals surface area contributed by atoms with Crippen LogP contribution in [-0.4, -0.2) is 33.6 Å². The minimum absolute atomic E-state index is 0.118. The van der Waals surface area contributed by atoms with Crippen molar-refractivity contribution in [2.75, 3.05) is 13.1 Å². The van der Waals surface area contributed by atoms with E-state index in [4.69, 9.17) is 0 Å². The van der Waals surface area contributed by atoms with Crippen molar-refractivity contribution >= 4 is 21.5 Å². The Kier molecular flexibility index (Phi) is 7.21. The summed E-state index contributed by atoms with van der Waals surface area (Å²) >= 11 is 0. The maximum Gasteiger partial charge on any atom is 0.417 e. The molecule has 1 amide bonds. The van der Waals surface area contributed by atoms with Gasteiger partial charge < -0.3 is 5.32 Å². The van der Waals surface area contributed by atoms with E-state index in [0.717, 1.165) is 5.56 Å². The summed E-state index contributed by atoms with van der Waals surface area (Å²) in [6.45, 7) is 3.08. The summed E-state index contributed by atoms with van der Waals surface area (Å²) in [4.78, 5) is 12.0. The summed E-state index contributed by atoms with van der Waals surface area (Å²) in [5, 5.41) is 2.26. The van der Waals surface area contributed by atoms with Gasteiger partial charge in [0.15, 0.2) is 0 Å². The summed E-state index contributed by atoms with van der Waals surface area (Å²) in [6, 6.07) is 11.9. The fraction of sp³-hybridized carbons (Fsp3) is 0.250. The molecule has 29 heavy (non-hydrogen) atoms. The van der Waals surface area contributed by atoms with Crippen molar-refractivity contribution in [1.82, 2.24) is 10.0 Å². The van der Waals surface area contributed by atoms with Gasteiger partial charge in [-0.25, -0.2) is 13.1 Å². The predicted octanol–water partition coefficient (Wildman–Crippen LogP) is 3.34. The summed E-state index contributed by atoms with van der Waals surface area (Å²) < 4.78 is 66.7. The summed E-state index contributed by atoms with van der Waals surface area (Å²) in [7, 11) is -3.80. The van der Waals surface area contributed by atoms with E-state index >= 15 is 0 Å². The molecule has 0 unspecified atom stereocenters. The van der Waals surface area contributed by atoms with Gasteiger partial charge in [-0.05, 0) is 36.6 Å². The quantitative estimate of drug-likeness (QED) is 0.527. The SMILES string of the molecule is Cc1ccc(C)c(S(=O)(=O)NCCNC(=O)/C=C(/c2ccccc2)C(F)(F)F)c1. The Balaban J connectivity index is 2.00. The van der Waals surface area contributed by atoms with Crippen LogP contribution >= 0.6 is 0 Å². The average molecular weight is 426 g/mol.